The first-order valence-electron chi connectivity index (χ1n) is 9.40. The third-order valence-electron chi connectivity index (χ3n) is 4.66. The van der Waals surface area contributed by atoms with Crippen LogP contribution in [-0.4, -0.2) is 59.1 Å². The van der Waals surface area contributed by atoms with E-state index in [1.807, 2.05) is 20.0 Å². The zero-order valence-corrected chi connectivity index (χ0v) is 17.8. The molecule has 27 heavy (non-hydrogen) atoms. The number of nitrogens with zero attached hydrogens (tertiary/aromatic N) is 5. The van der Waals surface area contributed by atoms with Crippen molar-refractivity contribution < 1.29 is 4.52 Å². The zero-order chi connectivity index (χ0) is 19.4. The minimum absolute atomic E-state index is 0.0924. The van der Waals surface area contributed by atoms with Crippen molar-refractivity contribution in [1.82, 2.24) is 25.3 Å². The van der Waals surface area contributed by atoms with Crippen LogP contribution in [0.3, 0.4) is 0 Å². The lowest BCUT2D eigenvalue weighted by Gasteiger charge is -2.36. The third-order valence-corrected chi connectivity index (χ3v) is 5.51. The second-order valence-electron chi connectivity index (χ2n) is 7.97. The molecule has 2 aromatic heterocycles. The fourth-order valence-corrected chi connectivity index (χ4v) is 4.02. The van der Waals surface area contributed by atoms with Gasteiger partial charge in [0.15, 0.2) is 5.96 Å². The quantitative estimate of drug-likeness (QED) is 0.639. The van der Waals surface area contributed by atoms with E-state index in [-0.39, 0.29) is 5.41 Å². The molecule has 0 saturated carbocycles. The Morgan fingerprint density at radius 2 is 2.04 bits per heavy atom. The molecule has 3 heterocycles. The number of hydrogen-bond acceptors (Lipinski definition) is 6. The zero-order valence-electron chi connectivity index (χ0n) is 16.9. The van der Waals surface area contributed by atoms with E-state index in [1.165, 1.54) is 0 Å². The molecular formula is C19H30N6OS. The van der Waals surface area contributed by atoms with E-state index in [1.54, 1.807) is 11.3 Å². The average molecular weight is 391 g/mol. The van der Waals surface area contributed by atoms with Gasteiger partial charge in [-0.05, 0) is 6.92 Å². The first kappa shape index (κ1) is 19.8. The summed E-state index contributed by atoms with van der Waals surface area (Å²) in [5.41, 5.74) is 2.24. The van der Waals surface area contributed by atoms with Crippen molar-refractivity contribution in [3.63, 3.8) is 0 Å². The number of piperazine rings is 1. The molecular weight excluding hydrogens is 360 g/mol. The van der Waals surface area contributed by atoms with Crippen LogP contribution >= 0.6 is 11.3 Å². The smallest absolute Gasteiger partial charge is 0.194 e. The fourth-order valence-electron chi connectivity index (χ4n) is 3.06. The lowest BCUT2D eigenvalue weighted by Crippen LogP contribution is -2.52. The summed E-state index contributed by atoms with van der Waals surface area (Å²) >= 11 is 1.71. The van der Waals surface area contributed by atoms with Gasteiger partial charge in [-0.2, -0.15) is 0 Å². The highest BCUT2D eigenvalue weighted by Crippen LogP contribution is 2.23. The van der Waals surface area contributed by atoms with Crippen molar-refractivity contribution in [3.8, 4) is 0 Å². The van der Waals surface area contributed by atoms with Crippen LogP contribution in [0.4, 0.5) is 0 Å². The molecule has 0 aromatic carbocycles. The van der Waals surface area contributed by atoms with Crippen LogP contribution in [0.15, 0.2) is 21.0 Å². The molecule has 0 aliphatic carbocycles. The first-order chi connectivity index (χ1) is 12.8. The van der Waals surface area contributed by atoms with Crippen LogP contribution < -0.4 is 5.32 Å². The third kappa shape index (κ3) is 5.29. The SMILES string of the molecule is CN=C(NCc1nc(C(C)(C)C)cs1)N1CCN(Cc2cc(C)on2)CC1. The minimum Gasteiger partial charge on any atom is -0.361 e. The maximum absolute atomic E-state index is 5.16. The number of hydrogen-bond donors (Lipinski definition) is 1. The van der Waals surface area contributed by atoms with Crippen molar-refractivity contribution in [3.05, 3.63) is 33.6 Å². The second kappa shape index (κ2) is 8.39. The fraction of sp³-hybridized carbons (Fsp3) is 0.632. The summed E-state index contributed by atoms with van der Waals surface area (Å²) < 4.78 is 5.16. The summed E-state index contributed by atoms with van der Waals surface area (Å²) in [6.45, 7) is 13.9. The monoisotopic (exact) mass is 390 g/mol. The molecule has 148 valence electrons. The lowest BCUT2D eigenvalue weighted by atomic mass is 9.93. The number of thiazole rings is 1. The Morgan fingerprint density at radius 3 is 2.59 bits per heavy atom. The van der Waals surface area contributed by atoms with E-state index in [9.17, 15) is 0 Å². The predicted octanol–water partition coefficient (Wildman–Crippen LogP) is 2.63. The molecule has 0 amide bonds. The summed E-state index contributed by atoms with van der Waals surface area (Å²) in [5, 5.41) is 10.8. The van der Waals surface area contributed by atoms with Gasteiger partial charge in [-0.1, -0.05) is 25.9 Å². The number of guanidine groups is 1. The maximum Gasteiger partial charge on any atom is 0.194 e. The Kier molecular flexibility index (Phi) is 6.16. The molecule has 1 aliphatic rings. The van der Waals surface area contributed by atoms with Gasteiger partial charge in [0.25, 0.3) is 0 Å². The molecule has 0 unspecified atom stereocenters. The van der Waals surface area contributed by atoms with Crippen molar-refractivity contribution >= 4 is 17.3 Å². The Bertz CT molecular complexity index is 767. The molecule has 1 fully saturated rings. The van der Waals surface area contributed by atoms with E-state index in [4.69, 9.17) is 9.51 Å². The molecule has 7 nitrogen and oxygen atoms in total. The molecule has 0 radical (unpaired) electrons. The van der Waals surface area contributed by atoms with Gasteiger partial charge in [0, 0.05) is 56.6 Å². The molecule has 0 spiro atoms. The minimum atomic E-state index is 0.0924. The molecule has 8 heteroatoms. The van der Waals surface area contributed by atoms with E-state index in [0.717, 1.165) is 60.8 Å². The number of aromatic nitrogens is 2. The molecule has 0 bridgehead atoms. The van der Waals surface area contributed by atoms with Gasteiger partial charge in [-0.25, -0.2) is 4.98 Å². The Morgan fingerprint density at radius 1 is 1.30 bits per heavy atom. The van der Waals surface area contributed by atoms with Crippen molar-refractivity contribution in [2.24, 2.45) is 4.99 Å². The molecule has 1 aliphatic heterocycles. The summed E-state index contributed by atoms with van der Waals surface area (Å²) in [7, 11) is 1.84. The van der Waals surface area contributed by atoms with Crippen molar-refractivity contribution in [1.29, 1.82) is 0 Å². The summed E-state index contributed by atoms with van der Waals surface area (Å²) in [6, 6.07) is 2.01. The Labute approximate surface area is 165 Å². The largest absolute Gasteiger partial charge is 0.361 e. The average Bonchev–Trinajstić information content (AvgIpc) is 3.26. The van der Waals surface area contributed by atoms with Gasteiger partial charge in [0.05, 0.1) is 17.9 Å². The van der Waals surface area contributed by atoms with Crippen LogP contribution in [0, 0.1) is 6.92 Å². The van der Waals surface area contributed by atoms with Crippen molar-refractivity contribution in [2.45, 2.75) is 46.2 Å². The lowest BCUT2D eigenvalue weighted by molar-refractivity contribution is 0.169. The second-order valence-corrected chi connectivity index (χ2v) is 8.91. The van der Waals surface area contributed by atoms with Gasteiger partial charge in [-0.3, -0.25) is 9.89 Å². The standard InChI is InChI=1S/C19H30N6OS/c1-14-10-15(23-26-14)12-24-6-8-25(9-7-24)18(20-5)21-11-17-22-16(13-27-17)19(2,3)4/h10,13H,6-9,11-12H2,1-5H3,(H,20,21). The van der Waals surface area contributed by atoms with Gasteiger partial charge in [-0.15, -0.1) is 11.3 Å². The van der Waals surface area contributed by atoms with Crippen LogP contribution in [0.25, 0.3) is 0 Å². The molecule has 1 saturated heterocycles. The highest BCUT2D eigenvalue weighted by Gasteiger charge is 2.21. The topological polar surface area (TPSA) is 69.8 Å². The summed E-state index contributed by atoms with van der Waals surface area (Å²) in [4.78, 5) is 13.9. The summed E-state index contributed by atoms with van der Waals surface area (Å²) in [5.74, 6) is 1.81. The highest BCUT2D eigenvalue weighted by molar-refractivity contribution is 7.09. The molecule has 2 aromatic rings. The normalized spacial score (nSPS) is 16.8. The van der Waals surface area contributed by atoms with Gasteiger partial charge < -0.3 is 14.7 Å². The van der Waals surface area contributed by atoms with Crippen LogP contribution in [0.1, 0.15) is 42.9 Å². The van der Waals surface area contributed by atoms with Gasteiger partial charge >= 0.3 is 0 Å². The maximum atomic E-state index is 5.16. The number of nitrogens with one attached hydrogen (secondary N) is 1. The number of aryl methyl sites for hydroxylation is 1. The van der Waals surface area contributed by atoms with Gasteiger partial charge in [0.2, 0.25) is 0 Å². The molecule has 3 rings (SSSR count). The Hall–Kier alpha value is -1.93. The van der Waals surface area contributed by atoms with Crippen molar-refractivity contribution in [2.75, 3.05) is 33.2 Å². The van der Waals surface area contributed by atoms with E-state index < -0.39 is 0 Å². The van der Waals surface area contributed by atoms with Gasteiger partial charge in [0.1, 0.15) is 10.8 Å². The number of rotatable bonds is 4. The highest BCUT2D eigenvalue weighted by atomic mass is 32.1. The number of aliphatic imine (C=N–C) groups is 1. The van der Waals surface area contributed by atoms with E-state index in [0.29, 0.717) is 6.54 Å². The molecule has 0 atom stereocenters. The Balaban J connectivity index is 1.48. The van der Waals surface area contributed by atoms with Crippen LogP contribution in [-0.2, 0) is 18.5 Å². The van der Waals surface area contributed by atoms with Crippen LogP contribution in [0.2, 0.25) is 0 Å². The first-order valence-corrected chi connectivity index (χ1v) is 10.3. The molecule has 1 N–H and O–H groups in total. The van der Waals surface area contributed by atoms with Crippen LogP contribution in [0.5, 0.6) is 0 Å². The van der Waals surface area contributed by atoms with E-state index >= 15 is 0 Å². The predicted molar refractivity (Wildman–Crippen MR) is 109 cm³/mol. The van der Waals surface area contributed by atoms with E-state index in [2.05, 4.69) is 51.4 Å². The summed E-state index contributed by atoms with van der Waals surface area (Å²) in [6.07, 6.45) is 0.